The first kappa shape index (κ1) is 23.3. The SMILES string of the molecule is CCNc1cc(=O)n(C)cc1-c1cc(NS(=O)(=O)CC)ccc1Oc1ccc(F)cc1F. The fourth-order valence-electron chi connectivity index (χ4n) is 3.00. The summed E-state index contributed by atoms with van der Waals surface area (Å²) in [4.78, 5) is 12.2. The lowest BCUT2D eigenvalue weighted by Crippen LogP contribution is -2.17. The van der Waals surface area contributed by atoms with Gasteiger partial charge < -0.3 is 14.6 Å². The monoisotopic (exact) mass is 463 g/mol. The van der Waals surface area contributed by atoms with Crippen molar-refractivity contribution in [3.63, 3.8) is 0 Å². The van der Waals surface area contributed by atoms with Crippen molar-refractivity contribution in [2.24, 2.45) is 7.05 Å². The Morgan fingerprint density at radius 2 is 1.72 bits per heavy atom. The standard InChI is InChI=1S/C22H23F2N3O4S/c1-4-25-19-12-22(28)27(3)13-17(19)16-11-15(26-32(29,30)5-2)7-9-20(16)31-21-8-6-14(23)10-18(21)24/h6-13,25-26H,4-5H2,1-3H3. The highest BCUT2D eigenvalue weighted by atomic mass is 32.2. The minimum Gasteiger partial charge on any atom is -0.454 e. The molecule has 0 unspecified atom stereocenters. The highest BCUT2D eigenvalue weighted by Crippen LogP contribution is 2.39. The molecular formula is C22H23F2N3O4S. The molecule has 0 radical (unpaired) electrons. The molecule has 0 aliphatic heterocycles. The van der Waals surface area contributed by atoms with E-state index in [0.29, 0.717) is 29.4 Å². The van der Waals surface area contributed by atoms with Crippen LogP contribution in [0.4, 0.5) is 20.2 Å². The van der Waals surface area contributed by atoms with E-state index in [1.807, 2.05) is 6.92 Å². The number of hydrogen-bond donors (Lipinski definition) is 2. The Kier molecular flexibility index (Phi) is 6.83. The highest BCUT2D eigenvalue weighted by Gasteiger charge is 2.17. The normalized spacial score (nSPS) is 11.3. The number of pyridine rings is 1. The third-order valence-electron chi connectivity index (χ3n) is 4.63. The lowest BCUT2D eigenvalue weighted by molar-refractivity contribution is 0.439. The van der Waals surface area contributed by atoms with Crippen molar-refractivity contribution >= 4 is 21.4 Å². The number of sulfonamides is 1. The van der Waals surface area contributed by atoms with Gasteiger partial charge in [-0.15, -0.1) is 0 Å². The number of rotatable bonds is 8. The van der Waals surface area contributed by atoms with Crippen molar-refractivity contribution in [2.45, 2.75) is 13.8 Å². The summed E-state index contributed by atoms with van der Waals surface area (Å²) in [6.07, 6.45) is 1.57. The number of hydrogen-bond acceptors (Lipinski definition) is 5. The van der Waals surface area contributed by atoms with E-state index in [0.717, 1.165) is 12.1 Å². The Balaban J connectivity index is 2.20. The van der Waals surface area contributed by atoms with Gasteiger partial charge in [-0.05, 0) is 44.2 Å². The van der Waals surface area contributed by atoms with Crippen molar-refractivity contribution in [2.75, 3.05) is 22.3 Å². The molecule has 7 nitrogen and oxygen atoms in total. The second-order valence-corrected chi connectivity index (χ2v) is 8.98. The van der Waals surface area contributed by atoms with Crippen molar-refractivity contribution < 1.29 is 21.9 Å². The molecule has 1 heterocycles. The Morgan fingerprint density at radius 3 is 2.38 bits per heavy atom. The van der Waals surface area contributed by atoms with Gasteiger partial charge in [-0.2, -0.15) is 0 Å². The van der Waals surface area contributed by atoms with Crippen LogP contribution in [-0.2, 0) is 17.1 Å². The molecule has 2 N–H and O–H groups in total. The molecule has 0 aliphatic carbocycles. The summed E-state index contributed by atoms with van der Waals surface area (Å²) in [5.41, 5.74) is 1.45. The van der Waals surface area contributed by atoms with E-state index in [2.05, 4.69) is 10.0 Å². The molecule has 1 aromatic heterocycles. The smallest absolute Gasteiger partial charge is 0.252 e. The summed E-state index contributed by atoms with van der Waals surface area (Å²) in [5, 5.41) is 3.10. The first-order chi connectivity index (χ1) is 15.1. The van der Waals surface area contributed by atoms with Crippen LogP contribution in [-0.4, -0.2) is 25.3 Å². The Bertz CT molecular complexity index is 1310. The van der Waals surface area contributed by atoms with E-state index in [-0.39, 0.29) is 28.5 Å². The number of halogens is 2. The van der Waals surface area contributed by atoms with Gasteiger partial charge in [0.15, 0.2) is 11.6 Å². The molecule has 2 aromatic carbocycles. The molecule has 0 spiro atoms. The van der Waals surface area contributed by atoms with Crippen LogP contribution in [0.15, 0.2) is 53.5 Å². The van der Waals surface area contributed by atoms with E-state index < -0.39 is 21.7 Å². The van der Waals surface area contributed by atoms with Crippen molar-refractivity contribution in [3.8, 4) is 22.6 Å². The maximum atomic E-state index is 14.2. The summed E-state index contributed by atoms with van der Waals surface area (Å²) >= 11 is 0. The first-order valence-corrected chi connectivity index (χ1v) is 11.5. The van der Waals surface area contributed by atoms with Crippen LogP contribution in [0.1, 0.15) is 13.8 Å². The second-order valence-electron chi connectivity index (χ2n) is 6.97. The van der Waals surface area contributed by atoms with Gasteiger partial charge >= 0.3 is 0 Å². The van der Waals surface area contributed by atoms with Gasteiger partial charge in [-0.25, -0.2) is 17.2 Å². The van der Waals surface area contributed by atoms with Crippen LogP contribution in [0.25, 0.3) is 11.1 Å². The van der Waals surface area contributed by atoms with Crippen molar-refractivity contribution in [1.82, 2.24) is 4.57 Å². The number of anilines is 2. The maximum absolute atomic E-state index is 14.2. The summed E-state index contributed by atoms with van der Waals surface area (Å²) < 4.78 is 61.2. The first-order valence-electron chi connectivity index (χ1n) is 9.86. The van der Waals surface area contributed by atoms with Crippen LogP contribution in [0.5, 0.6) is 11.5 Å². The summed E-state index contributed by atoms with van der Waals surface area (Å²) in [5.74, 6) is -1.77. The minimum absolute atomic E-state index is 0.121. The average Bonchev–Trinajstić information content (AvgIpc) is 2.73. The van der Waals surface area contributed by atoms with E-state index in [4.69, 9.17) is 4.74 Å². The Morgan fingerprint density at radius 1 is 1.00 bits per heavy atom. The third kappa shape index (κ3) is 5.25. The van der Waals surface area contributed by atoms with E-state index in [9.17, 15) is 22.0 Å². The highest BCUT2D eigenvalue weighted by molar-refractivity contribution is 7.92. The number of aromatic nitrogens is 1. The molecule has 0 amide bonds. The zero-order chi connectivity index (χ0) is 23.5. The predicted molar refractivity (Wildman–Crippen MR) is 121 cm³/mol. The minimum atomic E-state index is -3.55. The molecule has 10 heteroatoms. The Hall–Kier alpha value is -3.40. The molecule has 0 bridgehead atoms. The molecule has 0 aliphatic rings. The van der Waals surface area contributed by atoms with Gasteiger partial charge in [0.25, 0.3) is 5.56 Å². The molecular weight excluding hydrogens is 440 g/mol. The Labute approximate surface area is 184 Å². The van der Waals surface area contributed by atoms with Gasteiger partial charge in [0, 0.05) is 54.4 Å². The van der Waals surface area contributed by atoms with Crippen LogP contribution in [0.3, 0.4) is 0 Å². The molecule has 3 rings (SSSR count). The van der Waals surface area contributed by atoms with Crippen LogP contribution in [0, 0.1) is 11.6 Å². The van der Waals surface area contributed by atoms with Crippen molar-refractivity contribution in [1.29, 1.82) is 0 Å². The predicted octanol–water partition coefficient (Wildman–Crippen LogP) is 4.32. The number of aryl methyl sites for hydroxylation is 1. The summed E-state index contributed by atoms with van der Waals surface area (Å²) in [6.45, 7) is 3.89. The number of nitrogens with one attached hydrogen (secondary N) is 2. The third-order valence-corrected chi connectivity index (χ3v) is 5.94. The lowest BCUT2D eigenvalue weighted by Gasteiger charge is -2.18. The average molecular weight is 464 g/mol. The summed E-state index contributed by atoms with van der Waals surface area (Å²) in [6, 6.07) is 8.82. The van der Waals surface area contributed by atoms with Gasteiger partial charge in [0.1, 0.15) is 11.6 Å². The van der Waals surface area contributed by atoms with Gasteiger partial charge in [-0.3, -0.25) is 9.52 Å². The van der Waals surface area contributed by atoms with Gasteiger partial charge in [-0.1, -0.05) is 0 Å². The molecule has 3 aromatic rings. The van der Waals surface area contributed by atoms with Crippen molar-refractivity contribution in [3.05, 3.63) is 70.6 Å². The van der Waals surface area contributed by atoms with E-state index >= 15 is 0 Å². The van der Waals surface area contributed by atoms with E-state index in [1.165, 1.54) is 35.8 Å². The zero-order valence-corrected chi connectivity index (χ0v) is 18.6. The molecule has 0 saturated heterocycles. The number of ether oxygens (including phenoxy) is 1. The van der Waals surface area contributed by atoms with Crippen LogP contribution < -0.4 is 20.3 Å². The molecule has 32 heavy (non-hydrogen) atoms. The topological polar surface area (TPSA) is 89.4 Å². The second kappa shape index (κ2) is 9.39. The molecule has 0 saturated carbocycles. The fourth-order valence-corrected chi connectivity index (χ4v) is 3.63. The molecule has 0 fully saturated rings. The van der Waals surface area contributed by atoms with Gasteiger partial charge in [0.2, 0.25) is 10.0 Å². The summed E-state index contributed by atoms with van der Waals surface area (Å²) in [7, 11) is -1.98. The maximum Gasteiger partial charge on any atom is 0.252 e. The van der Waals surface area contributed by atoms with Crippen LogP contribution in [0.2, 0.25) is 0 Å². The van der Waals surface area contributed by atoms with Crippen LogP contribution >= 0.6 is 0 Å². The van der Waals surface area contributed by atoms with E-state index in [1.54, 1.807) is 13.2 Å². The quantitative estimate of drug-likeness (QED) is 0.520. The number of nitrogens with zero attached hydrogens (tertiary/aromatic N) is 1. The fraction of sp³-hybridized carbons (Fsp3) is 0.227. The zero-order valence-electron chi connectivity index (χ0n) is 17.8. The number of benzene rings is 2. The van der Waals surface area contributed by atoms with Gasteiger partial charge in [0.05, 0.1) is 5.75 Å². The lowest BCUT2D eigenvalue weighted by atomic mass is 10.0. The molecule has 0 atom stereocenters. The largest absolute Gasteiger partial charge is 0.454 e. The molecule has 170 valence electrons.